The molecule has 0 saturated carbocycles. The van der Waals surface area contributed by atoms with E-state index < -0.39 is 6.10 Å². The molecule has 102 valence electrons. The first-order valence-corrected chi connectivity index (χ1v) is 5.99. The number of hydrogen-bond donors (Lipinski definition) is 1. The number of likely N-dealkylation sites (N-methyl/N-ethyl adjacent to an activating group) is 1. The minimum absolute atomic E-state index is 0.0325. The van der Waals surface area contributed by atoms with E-state index in [1.807, 2.05) is 18.2 Å². The molecule has 0 aliphatic carbocycles. The van der Waals surface area contributed by atoms with Gasteiger partial charge in [-0.25, -0.2) is 4.79 Å². The van der Waals surface area contributed by atoms with Crippen LogP contribution in [0.4, 0.5) is 4.79 Å². The van der Waals surface area contributed by atoms with Crippen LogP contribution in [0.5, 0.6) is 5.75 Å². The minimum atomic E-state index is -0.903. The normalized spacial score (nSPS) is 16.9. The lowest BCUT2D eigenvalue weighted by molar-refractivity contribution is -0.126. The molecule has 1 fully saturated rings. The van der Waals surface area contributed by atoms with E-state index in [9.17, 15) is 14.7 Å². The van der Waals surface area contributed by atoms with Gasteiger partial charge in [0.2, 0.25) is 5.91 Å². The fourth-order valence-corrected chi connectivity index (χ4v) is 1.82. The zero-order valence-electron chi connectivity index (χ0n) is 10.7. The number of aliphatic hydroxyl groups excluding tert-OH is 1. The van der Waals surface area contributed by atoms with E-state index in [0.29, 0.717) is 5.75 Å². The van der Waals surface area contributed by atoms with Crippen LogP contribution in [0.1, 0.15) is 0 Å². The summed E-state index contributed by atoms with van der Waals surface area (Å²) in [5.74, 6) is 0.337. The Morgan fingerprint density at radius 2 is 2.00 bits per heavy atom. The van der Waals surface area contributed by atoms with E-state index in [1.165, 1.54) is 4.90 Å². The van der Waals surface area contributed by atoms with Crippen LogP contribution in [0.3, 0.4) is 0 Å². The molecule has 1 heterocycles. The van der Waals surface area contributed by atoms with Crippen LogP contribution >= 0.6 is 0 Å². The van der Waals surface area contributed by atoms with Gasteiger partial charge in [-0.2, -0.15) is 0 Å². The summed E-state index contributed by atoms with van der Waals surface area (Å²) in [5, 5.41) is 9.80. The summed E-state index contributed by atoms with van der Waals surface area (Å²) in [4.78, 5) is 25.5. The van der Waals surface area contributed by atoms with Crippen LogP contribution in [0.2, 0.25) is 0 Å². The third-order valence-corrected chi connectivity index (χ3v) is 2.81. The standard InChI is InChI=1S/C13H16N2O4/c1-14-8-12(17)15(13(14)18)7-10(16)9-19-11-5-3-2-4-6-11/h2-6,10,16H,7-9H2,1H3. The number of benzene rings is 1. The summed E-state index contributed by atoms with van der Waals surface area (Å²) < 4.78 is 5.36. The second-order valence-electron chi connectivity index (χ2n) is 4.42. The summed E-state index contributed by atoms with van der Waals surface area (Å²) in [6.07, 6.45) is -0.903. The predicted molar refractivity (Wildman–Crippen MR) is 67.7 cm³/mol. The molecular weight excluding hydrogens is 248 g/mol. The summed E-state index contributed by atoms with van der Waals surface area (Å²) in [6, 6.07) is 8.66. The lowest BCUT2D eigenvalue weighted by Crippen LogP contribution is -2.40. The maximum Gasteiger partial charge on any atom is 0.327 e. The van der Waals surface area contributed by atoms with Gasteiger partial charge in [-0.3, -0.25) is 9.69 Å². The summed E-state index contributed by atoms with van der Waals surface area (Å²) in [6.45, 7) is 0.0464. The maximum absolute atomic E-state index is 11.6. The molecule has 1 aromatic carbocycles. The molecule has 1 unspecified atom stereocenters. The molecule has 1 aliphatic rings. The number of hydrogen-bond acceptors (Lipinski definition) is 4. The van der Waals surface area contributed by atoms with E-state index in [4.69, 9.17) is 4.74 Å². The topological polar surface area (TPSA) is 70.1 Å². The largest absolute Gasteiger partial charge is 0.491 e. The highest BCUT2D eigenvalue weighted by atomic mass is 16.5. The van der Waals surface area contributed by atoms with Crippen molar-refractivity contribution in [2.45, 2.75) is 6.10 Å². The molecule has 19 heavy (non-hydrogen) atoms. The number of ether oxygens (including phenoxy) is 1. The number of carbonyl (C=O) groups excluding carboxylic acids is 2. The van der Waals surface area contributed by atoms with E-state index >= 15 is 0 Å². The van der Waals surface area contributed by atoms with Gasteiger partial charge in [-0.1, -0.05) is 18.2 Å². The molecular formula is C13H16N2O4. The number of urea groups is 1. The monoisotopic (exact) mass is 264 g/mol. The van der Waals surface area contributed by atoms with Crippen molar-refractivity contribution in [2.24, 2.45) is 0 Å². The zero-order chi connectivity index (χ0) is 13.8. The fraction of sp³-hybridized carbons (Fsp3) is 0.385. The molecule has 0 spiro atoms. The van der Waals surface area contributed by atoms with Crippen molar-refractivity contribution in [1.29, 1.82) is 0 Å². The third-order valence-electron chi connectivity index (χ3n) is 2.81. The van der Waals surface area contributed by atoms with Crippen molar-refractivity contribution in [3.8, 4) is 5.75 Å². The number of β-amino-alcohol motifs (C(OH)–C–C–N with tert-alkyl or cyclic N) is 1. The van der Waals surface area contributed by atoms with Crippen LogP contribution < -0.4 is 4.74 Å². The fourth-order valence-electron chi connectivity index (χ4n) is 1.82. The predicted octanol–water partition coefficient (Wildman–Crippen LogP) is 0.320. The van der Waals surface area contributed by atoms with Gasteiger partial charge in [0.05, 0.1) is 6.54 Å². The summed E-state index contributed by atoms with van der Waals surface area (Å²) in [7, 11) is 1.55. The van der Waals surface area contributed by atoms with Gasteiger partial charge < -0.3 is 14.7 Å². The van der Waals surface area contributed by atoms with Crippen molar-refractivity contribution in [2.75, 3.05) is 26.7 Å². The molecule has 2 rings (SSSR count). The highest BCUT2D eigenvalue weighted by molar-refractivity contribution is 6.01. The smallest absolute Gasteiger partial charge is 0.327 e. The van der Waals surface area contributed by atoms with Crippen molar-refractivity contribution < 1.29 is 19.4 Å². The van der Waals surface area contributed by atoms with Crippen molar-refractivity contribution in [1.82, 2.24) is 9.80 Å². The first-order chi connectivity index (χ1) is 9.08. The Morgan fingerprint density at radius 3 is 2.58 bits per heavy atom. The highest BCUT2D eigenvalue weighted by Crippen LogP contribution is 2.11. The highest BCUT2D eigenvalue weighted by Gasteiger charge is 2.34. The Balaban J connectivity index is 1.83. The third kappa shape index (κ3) is 3.23. The van der Waals surface area contributed by atoms with E-state index in [0.717, 1.165) is 4.90 Å². The lowest BCUT2D eigenvalue weighted by Gasteiger charge is -2.18. The number of imide groups is 1. The average molecular weight is 264 g/mol. The van der Waals surface area contributed by atoms with Crippen LogP contribution in [0.25, 0.3) is 0 Å². The van der Waals surface area contributed by atoms with Gasteiger partial charge in [-0.05, 0) is 12.1 Å². The summed E-state index contributed by atoms with van der Waals surface area (Å²) >= 11 is 0. The Hall–Kier alpha value is -2.08. The Morgan fingerprint density at radius 1 is 1.32 bits per heavy atom. The van der Waals surface area contributed by atoms with E-state index in [-0.39, 0.29) is 31.6 Å². The second kappa shape index (κ2) is 5.71. The molecule has 6 nitrogen and oxygen atoms in total. The lowest BCUT2D eigenvalue weighted by atomic mass is 10.3. The van der Waals surface area contributed by atoms with Crippen molar-refractivity contribution in [3.63, 3.8) is 0 Å². The number of rotatable bonds is 5. The van der Waals surface area contributed by atoms with Gasteiger partial charge in [0.1, 0.15) is 25.0 Å². The molecule has 1 N–H and O–H groups in total. The SMILES string of the molecule is CN1CC(=O)N(CC(O)COc2ccccc2)C1=O. The number of amides is 3. The molecule has 1 atom stereocenters. The average Bonchev–Trinajstić information content (AvgIpc) is 2.64. The Bertz CT molecular complexity index is 463. The Labute approximate surface area is 111 Å². The number of carbonyl (C=O) groups is 2. The molecule has 0 radical (unpaired) electrons. The number of aliphatic hydroxyl groups is 1. The Kier molecular flexibility index (Phi) is 4.01. The van der Waals surface area contributed by atoms with Crippen LogP contribution in [-0.2, 0) is 4.79 Å². The molecule has 3 amide bonds. The van der Waals surface area contributed by atoms with Gasteiger partial charge in [0, 0.05) is 7.05 Å². The zero-order valence-corrected chi connectivity index (χ0v) is 10.7. The maximum atomic E-state index is 11.6. The molecule has 1 aromatic rings. The first-order valence-electron chi connectivity index (χ1n) is 5.99. The van der Waals surface area contributed by atoms with Crippen LogP contribution in [-0.4, -0.2) is 59.7 Å². The van der Waals surface area contributed by atoms with E-state index in [1.54, 1.807) is 19.2 Å². The van der Waals surface area contributed by atoms with Crippen LogP contribution in [0.15, 0.2) is 30.3 Å². The quantitative estimate of drug-likeness (QED) is 0.778. The summed E-state index contributed by atoms with van der Waals surface area (Å²) in [5.41, 5.74) is 0. The van der Waals surface area contributed by atoms with Gasteiger partial charge in [0.15, 0.2) is 0 Å². The second-order valence-corrected chi connectivity index (χ2v) is 4.42. The van der Waals surface area contributed by atoms with Gasteiger partial charge in [0.25, 0.3) is 0 Å². The molecule has 0 aromatic heterocycles. The van der Waals surface area contributed by atoms with Gasteiger partial charge >= 0.3 is 6.03 Å². The molecule has 1 saturated heterocycles. The molecule has 0 bridgehead atoms. The molecule has 1 aliphatic heterocycles. The van der Waals surface area contributed by atoms with Gasteiger partial charge in [-0.15, -0.1) is 0 Å². The first kappa shape index (κ1) is 13.4. The molecule has 6 heteroatoms. The number of nitrogens with zero attached hydrogens (tertiary/aromatic N) is 2. The van der Waals surface area contributed by atoms with Crippen molar-refractivity contribution >= 4 is 11.9 Å². The van der Waals surface area contributed by atoms with Crippen molar-refractivity contribution in [3.05, 3.63) is 30.3 Å². The van der Waals surface area contributed by atoms with Crippen LogP contribution in [0, 0.1) is 0 Å². The minimum Gasteiger partial charge on any atom is -0.491 e. The number of para-hydroxylation sites is 1. The van der Waals surface area contributed by atoms with E-state index in [2.05, 4.69) is 0 Å².